The van der Waals surface area contributed by atoms with Crippen LogP contribution in [0.1, 0.15) is 0 Å². The average Bonchev–Trinajstić information content (AvgIpc) is 2.35. The van der Waals surface area contributed by atoms with Gasteiger partial charge in [-0.05, 0) is 19.2 Å². The predicted octanol–water partition coefficient (Wildman–Crippen LogP) is 1.30. The van der Waals surface area contributed by atoms with E-state index in [1.54, 1.807) is 11.9 Å². The first-order chi connectivity index (χ1) is 8.58. The van der Waals surface area contributed by atoms with Crippen molar-refractivity contribution in [2.45, 2.75) is 6.04 Å². The Kier molecular flexibility index (Phi) is 4.14. The topological polar surface area (TPSA) is 18.5 Å². The molecular weight excluding hydrogens is 236 g/mol. The van der Waals surface area contributed by atoms with Crippen molar-refractivity contribution in [3.05, 3.63) is 29.8 Å². The molecule has 0 bridgehead atoms. The van der Waals surface area contributed by atoms with Crippen LogP contribution in [0.3, 0.4) is 0 Å². The molecule has 1 aromatic rings. The SMILES string of the molecule is CN(CC1CNCCN1C)c1cc(F)ccc1F. The standard InChI is InChI=1S/C13H19F2N3/c1-17-6-5-16-8-11(17)9-18(2)13-7-10(14)3-4-12(13)15/h3-4,7,11,16H,5-6,8-9H2,1-2H3. The number of rotatable bonds is 3. The van der Waals surface area contributed by atoms with Gasteiger partial charge in [-0.1, -0.05) is 0 Å². The van der Waals surface area contributed by atoms with Gasteiger partial charge in [0.05, 0.1) is 5.69 Å². The van der Waals surface area contributed by atoms with Crippen LogP contribution in [-0.2, 0) is 0 Å². The lowest BCUT2D eigenvalue weighted by Gasteiger charge is -2.36. The summed E-state index contributed by atoms with van der Waals surface area (Å²) in [5.41, 5.74) is 0.314. The van der Waals surface area contributed by atoms with E-state index in [0.717, 1.165) is 25.7 Å². The second-order valence-electron chi connectivity index (χ2n) is 4.81. The van der Waals surface area contributed by atoms with Gasteiger partial charge in [-0.25, -0.2) is 8.78 Å². The highest BCUT2D eigenvalue weighted by atomic mass is 19.1. The molecule has 100 valence electrons. The molecule has 5 heteroatoms. The number of halogens is 2. The zero-order valence-electron chi connectivity index (χ0n) is 10.8. The maximum Gasteiger partial charge on any atom is 0.146 e. The molecule has 2 rings (SSSR count). The van der Waals surface area contributed by atoms with Crippen molar-refractivity contribution in [2.75, 3.05) is 45.2 Å². The lowest BCUT2D eigenvalue weighted by atomic mass is 10.2. The maximum absolute atomic E-state index is 13.6. The third-order valence-corrected chi connectivity index (χ3v) is 3.45. The van der Waals surface area contributed by atoms with Gasteiger partial charge in [0.2, 0.25) is 0 Å². The Bertz CT molecular complexity index is 411. The highest BCUT2D eigenvalue weighted by Gasteiger charge is 2.21. The van der Waals surface area contributed by atoms with Crippen LogP contribution in [0.25, 0.3) is 0 Å². The van der Waals surface area contributed by atoms with E-state index in [2.05, 4.69) is 17.3 Å². The number of nitrogens with zero attached hydrogens (tertiary/aromatic N) is 2. The lowest BCUT2D eigenvalue weighted by Crippen LogP contribution is -2.53. The summed E-state index contributed by atoms with van der Waals surface area (Å²) < 4.78 is 26.8. The van der Waals surface area contributed by atoms with E-state index in [4.69, 9.17) is 0 Å². The number of hydrogen-bond donors (Lipinski definition) is 1. The molecular formula is C13H19F2N3. The molecule has 1 heterocycles. The minimum absolute atomic E-state index is 0.311. The molecule has 1 aliphatic rings. The van der Waals surface area contributed by atoms with E-state index in [9.17, 15) is 8.78 Å². The van der Waals surface area contributed by atoms with Crippen LogP contribution in [0.4, 0.5) is 14.5 Å². The predicted molar refractivity (Wildman–Crippen MR) is 68.9 cm³/mol. The van der Waals surface area contributed by atoms with Crippen LogP contribution in [-0.4, -0.2) is 51.2 Å². The second-order valence-corrected chi connectivity index (χ2v) is 4.81. The summed E-state index contributed by atoms with van der Waals surface area (Å²) in [5.74, 6) is -0.793. The molecule has 1 aliphatic heterocycles. The van der Waals surface area contributed by atoms with Crippen molar-refractivity contribution in [1.82, 2.24) is 10.2 Å². The summed E-state index contributed by atoms with van der Waals surface area (Å²) in [6.45, 7) is 3.50. The second kappa shape index (κ2) is 5.63. The average molecular weight is 255 g/mol. The molecule has 18 heavy (non-hydrogen) atoms. The van der Waals surface area contributed by atoms with Crippen LogP contribution in [0, 0.1) is 11.6 Å². The van der Waals surface area contributed by atoms with Gasteiger partial charge >= 0.3 is 0 Å². The highest BCUT2D eigenvalue weighted by molar-refractivity contribution is 5.47. The third-order valence-electron chi connectivity index (χ3n) is 3.45. The van der Waals surface area contributed by atoms with E-state index < -0.39 is 5.82 Å². The van der Waals surface area contributed by atoms with Crippen LogP contribution in [0.5, 0.6) is 0 Å². The number of benzene rings is 1. The van der Waals surface area contributed by atoms with Gasteiger partial charge in [-0.2, -0.15) is 0 Å². The van der Waals surface area contributed by atoms with Gasteiger partial charge < -0.3 is 10.2 Å². The lowest BCUT2D eigenvalue weighted by molar-refractivity contribution is 0.204. The Hall–Kier alpha value is -1.20. The fourth-order valence-corrected chi connectivity index (χ4v) is 2.26. The summed E-state index contributed by atoms with van der Waals surface area (Å²) in [7, 11) is 3.85. The zero-order chi connectivity index (χ0) is 13.1. The molecule has 1 atom stereocenters. The Morgan fingerprint density at radius 2 is 2.22 bits per heavy atom. The Labute approximate surface area is 106 Å². The van der Waals surface area contributed by atoms with Gasteiger partial charge in [0, 0.05) is 45.3 Å². The molecule has 3 nitrogen and oxygen atoms in total. The first kappa shape index (κ1) is 13.2. The fraction of sp³-hybridized carbons (Fsp3) is 0.538. The van der Waals surface area contributed by atoms with Crippen LogP contribution < -0.4 is 10.2 Å². The highest BCUT2D eigenvalue weighted by Crippen LogP contribution is 2.20. The molecule has 1 saturated heterocycles. The van der Waals surface area contributed by atoms with Crippen molar-refractivity contribution >= 4 is 5.69 Å². The number of anilines is 1. The normalized spacial score (nSPS) is 21.0. The zero-order valence-corrected chi connectivity index (χ0v) is 10.8. The van der Waals surface area contributed by atoms with E-state index in [0.29, 0.717) is 18.3 Å². The molecule has 0 spiro atoms. The monoisotopic (exact) mass is 255 g/mol. The molecule has 1 N–H and O–H groups in total. The van der Waals surface area contributed by atoms with Gasteiger partial charge in [0.15, 0.2) is 0 Å². The smallest absolute Gasteiger partial charge is 0.146 e. The van der Waals surface area contributed by atoms with E-state index >= 15 is 0 Å². The van der Waals surface area contributed by atoms with Crippen molar-refractivity contribution in [3.63, 3.8) is 0 Å². The van der Waals surface area contributed by atoms with E-state index in [1.807, 2.05) is 0 Å². The summed E-state index contributed by atoms with van der Waals surface area (Å²) in [5, 5.41) is 3.31. The molecule has 0 aromatic heterocycles. The molecule has 1 unspecified atom stereocenters. The first-order valence-corrected chi connectivity index (χ1v) is 6.15. The van der Waals surface area contributed by atoms with Crippen molar-refractivity contribution in [1.29, 1.82) is 0 Å². The Morgan fingerprint density at radius 1 is 1.44 bits per heavy atom. The van der Waals surface area contributed by atoms with Crippen LogP contribution in [0.15, 0.2) is 18.2 Å². The number of hydrogen-bond acceptors (Lipinski definition) is 3. The van der Waals surface area contributed by atoms with Crippen LogP contribution >= 0.6 is 0 Å². The van der Waals surface area contributed by atoms with Gasteiger partial charge in [0.25, 0.3) is 0 Å². The van der Waals surface area contributed by atoms with Gasteiger partial charge in [0.1, 0.15) is 11.6 Å². The molecule has 0 saturated carbocycles. The minimum Gasteiger partial charge on any atom is -0.371 e. The fourth-order valence-electron chi connectivity index (χ4n) is 2.26. The van der Waals surface area contributed by atoms with Crippen molar-refractivity contribution in [2.24, 2.45) is 0 Å². The third kappa shape index (κ3) is 2.97. The quantitative estimate of drug-likeness (QED) is 0.878. The number of nitrogens with one attached hydrogen (secondary N) is 1. The largest absolute Gasteiger partial charge is 0.371 e. The van der Waals surface area contributed by atoms with Gasteiger partial charge in [-0.15, -0.1) is 0 Å². The molecule has 1 fully saturated rings. The molecule has 0 amide bonds. The Morgan fingerprint density at radius 3 is 2.94 bits per heavy atom. The van der Waals surface area contributed by atoms with Crippen molar-refractivity contribution < 1.29 is 8.78 Å². The summed E-state index contributed by atoms with van der Waals surface area (Å²) >= 11 is 0. The summed E-state index contributed by atoms with van der Waals surface area (Å²) in [6.07, 6.45) is 0. The Balaban J connectivity index is 2.06. The van der Waals surface area contributed by atoms with E-state index in [-0.39, 0.29) is 5.82 Å². The van der Waals surface area contributed by atoms with Gasteiger partial charge in [-0.3, -0.25) is 4.90 Å². The van der Waals surface area contributed by atoms with Crippen molar-refractivity contribution in [3.8, 4) is 0 Å². The number of likely N-dealkylation sites (N-methyl/N-ethyl adjacent to an activating group) is 2. The molecule has 0 aliphatic carbocycles. The molecule has 0 radical (unpaired) electrons. The molecule has 1 aromatic carbocycles. The number of piperazine rings is 1. The summed E-state index contributed by atoms with van der Waals surface area (Å²) in [6, 6.07) is 3.86. The maximum atomic E-state index is 13.6. The summed E-state index contributed by atoms with van der Waals surface area (Å²) in [4.78, 5) is 4.01. The first-order valence-electron chi connectivity index (χ1n) is 6.15. The van der Waals surface area contributed by atoms with E-state index in [1.165, 1.54) is 12.1 Å². The minimum atomic E-state index is -0.409. The van der Waals surface area contributed by atoms with Crippen LogP contribution in [0.2, 0.25) is 0 Å².